The van der Waals surface area contributed by atoms with Crippen LogP contribution in [0, 0.1) is 0 Å². The second kappa shape index (κ2) is 4.69. The van der Waals surface area contributed by atoms with E-state index in [0.29, 0.717) is 12.8 Å². The lowest BCUT2D eigenvalue weighted by Gasteiger charge is -2.20. The number of imide groups is 1. The van der Waals surface area contributed by atoms with E-state index < -0.39 is 0 Å². The molecule has 2 amide bonds. The molecule has 2 aromatic rings. The van der Waals surface area contributed by atoms with Crippen molar-refractivity contribution in [3.63, 3.8) is 0 Å². The Morgan fingerprint density at radius 1 is 1.24 bits per heavy atom. The van der Waals surface area contributed by atoms with Crippen molar-refractivity contribution >= 4 is 22.7 Å². The van der Waals surface area contributed by atoms with Crippen molar-refractivity contribution in [2.75, 3.05) is 0 Å². The van der Waals surface area contributed by atoms with Gasteiger partial charge < -0.3 is 0 Å². The van der Waals surface area contributed by atoms with Gasteiger partial charge in [0.2, 0.25) is 11.8 Å². The average molecular weight is 285 g/mol. The number of hydrogen-bond acceptors (Lipinski definition) is 3. The molecule has 1 unspecified atom stereocenters. The number of nitrogens with one attached hydrogen (secondary N) is 2. The molecular weight excluding hydrogens is 266 g/mol. The van der Waals surface area contributed by atoms with E-state index in [-0.39, 0.29) is 23.1 Å². The smallest absolute Gasteiger partial charge is 0.235 e. The van der Waals surface area contributed by atoms with E-state index in [0.717, 1.165) is 16.6 Å². The van der Waals surface area contributed by atoms with Gasteiger partial charge in [0.1, 0.15) is 0 Å². The number of rotatable bonds is 1. The Balaban J connectivity index is 2.01. The standard InChI is InChI=1S/C16H19N3O2/c1-16(2,3)9-4-5-10-12(8-9)18-19-14(10)11-6-7-13(20)17-15(11)21/h4-5,8,11H,6-7H2,1-3H3,(H,18,19)(H,17,20,21). The van der Waals surface area contributed by atoms with Gasteiger partial charge in [-0.15, -0.1) is 0 Å². The normalized spacial score (nSPS) is 19.9. The first kappa shape index (κ1) is 13.8. The highest BCUT2D eigenvalue weighted by atomic mass is 16.2. The van der Waals surface area contributed by atoms with Crippen LogP contribution in [0.25, 0.3) is 10.9 Å². The molecule has 1 aromatic carbocycles. The van der Waals surface area contributed by atoms with Gasteiger partial charge in [0, 0.05) is 11.8 Å². The number of piperidine rings is 1. The van der Waals surface area contributed by atoms with Crippen LogP contribution in [0.1, 0.15) is 50.8 Å². The van der Waals surface area contributed by atoms with Crippen molar-refractivity contribution in [1.82, 2.24) is 15.5 Å². The van der Waals surface area contributed by atoms with Crippen LogP contribution in [0.4, 0.5) is 0 Å². The van der Waals surface area contributed by atoms with Crippen molar-refractivity contribution in [2.45, 2.75) is 44.9 Å². The lowest BCUT2D eigenvalue weighted by molar-refractivity contribution is -0.134. The predicted octanol–water partition coefficient (Wildman–Crippen LogP) is 2.38. The SMILES string of the molecule is CC(C)(C)c1ccc2c(C3CCC(=O)NC3=O)[nH]nc2c1. The van der Waals surface area contributed by atoms with Gasteiger partial charge in [-0.25, -0.2) is 0 Å². The number of amides is 2. The van der Waals surface area contributed by atoms with E-state index >= 15 is 0 Å². The fourth-order valence-corrected chi connectivity index (χ4v) is 2.73. The first-order valence-corrected chi connectivity index (χ1v) is 7.18. The molecule has 5 heteroatoms. The summed E-state index contributed by atoms with van der Waals surface area (Å²) in [5.74, 6) is -0.764. The summed E-state index contributed by atoms with van der Waals surface area (Å²) in [4.78, 5) is 23.2. The third kappa shape index (κ3) is 2.44. The molecule has 5 nitrogen and oxygen atoms in total. The number of aromatic amines is 1. The Labute approximate surface area is 123 Å². The molecule has 110 valence electrons. The lowest BCUT2D eigenvalue weighted by atomic mass is 9.86. The maximum absolute atomic E-state index is 12.0. The largest absolute Gasteiger partial charge is 0.296 e. The summed E-state index contributed by atoms with van der Waals surface area (Å²) in [6, 6.07) is 6.15. The van der Waals surface area contributed by atoms with Crippen molar-refractivity contribution < 1.29 is 9.59 Å². The van der Waals surface area contributed by atoms with Crippen LogP contribution in [0.2, 0.25) is 0 Å². The van der Waals surface area contributed by atoms with Gasteiger partial charge in [-0.3, -0.25) is 20.0 Å². The lowest BCUT2D eigenvalue weighted by Crippen LogP contribution is -2.39. The Hall–Kier alpha value is -2.17. The second-order valence-corrected chi connectivity index (χ2v) is 6.62. The van der Waals surface area contributed by atoms with Gasteiger partial charge in [0.05, 0.1) is 17.1 Å². The molecule has 2 heterocycles. The summed E-state index contributed by atoms with van der Waals surface area (Å²) in [6.07, 6.45) is 0.903. The highest BCUT2D eigenvalue weighted by molar-refractivity contribution is 6.02. The van der Waals surface area contributed by atoms with Crippen LogP contribution < -0.4 is 5.32 Å². The number of carbonyl (C=O) groups is 2. The topological polar surface area (TPSA) is 74.8 Å². The van der Waals surface area contributed by atoms with Gasteiger partial charge in [0.25, 0.3) is 0 Å². The number of H-pyrrole nitrogens is 1. The molecule has 1 aliphatic rings. The fraction of sp³-hybridized carbons (Fsp3) is 0.438. The van der Waals surface area contributed by atoms with E-state index in [4.69, 9.17) is 0 Å². The van der Waals surface area contributed by atoms with Crippen LogP contribution in [0.3, 0.4) is 0 Å². The summed E-state index contributed by atoms with van der Waals surface area (Å²) in [6.45, 7) is 6.46. The molecule has 1 atom stereocenters. The molecule has 0 radical (unpaired) electrons. The number of carbonyl (C=O) groups excluding carboxylic acids is 2. The van der Waals surface area contributed by atoms with Crippen molar-refractivity contribution in [3.05, 3.63) is 29.5 Å². The van der Waals surface area contributed by atoms with Gasteiger partial charge in [-0.2, -0.15) is 5.10 Å². The van der Waals surface area contributed by atoms with Gasteiger partial charge in [-0.1, -0.05) is 32.9 Å². The zero-order valence-corrected chi connectivity index (χ0v) is 12.5. The average Bonchev–Trinajstić information content (AvgIpc) is 2.80. The van der Waals surface area contributed by atoms with Crippen LogP contribution in [-0.2, 0) is 15.0 Å². The quantitative estimate of drug-likeness (QED) is 0.790. The van der Waals surface area contributed by atoms with Gasteiger partial charge in [0.15, 0.2) is 0 Å². The summed E-state index contributed by atoms with van der Waals surface area (Å²) < 4.78 is 0. The minimum Gasteiger partial charge on any atom is -0.296 e. The third-order valence-corrected chi connectivity index (χ3v) is 4.04. The van der Waals surface area contributed by atoms with Gasteiger partial charge in [-0.05, 0) is 23.5 Å². The van der Waals surface area contributed by atoms with E-state index in [1.54, 1.807) is 0 Å². The van der Waals surface area contributed by atoms with E-state index in [9.17, 15) is 9.59 Å². The first-order chi connectivity index (χ1) is 9.86. The minimum atomic E-state index is -0.326. The molecule has 2 N–H and O–H groups in total. The summed E-state index contributed by atoms with van der Waals surface area (Å²) in [5.41, 5.74) is 2.93. The predicted molar refractivity (Wildman–Crippen MR) is 79.9 cm³/mol. The molecule has 0 bridgehead atoms. The first-order valence-electron chi connectivity index (χ1n) is 7.18. The molecule has 1 aliphatic heterocycles. The van der Waals surface area contributed by atoms with Crippen LogP contribution in [0.5, 0.6) is 0 Å². The number of fused-ring (bicyclic) bond motifs is 1. The zero-order chi connectivity index (χ0) is 15.2. The molecule has 1 saturated heterocycles. The van der Waals surface area contributed by atoms with E-state index in [1.807, 2.05) is 6.07 Å². The second-order valence-electron chi connectivity index (χ2n) is 6.62. The van der Waals surface area contributed by atoms with E-state index in [2.05, 4.69) is 48.4 Å². The van der Waals surface area contributed by atoms with Gasteiger partial charge >= 0.3 is 0 Å². The molecule has 0 spiro atoms. The highest BCUT2D eigenvalue weighted by Gasteiger charge is 2.30. The van der Waals surface area contributed by atoms with Crippen LogP contribution in [0.15, 0.2) is 18.2 Å². The Morgan fingerprint density at radius 2 is 2.00 bits per heavy atom. The summed E-state index contributed by atoms with van der Waals surface area (Å²) in [5, 5.41) is 10.7. The third-order valence-electron chi connectivity index (χ3n) is 4.04. The maximum atomic E-state index is 12.0. The van der Waals surface area contributed by atoms with Crippen LogP contribution >= 0.6 is 0 Å². The monoisotopic (exact) mass is 285 g/mol. The van der Waals surface area contributed by atoms with Crippen LogP contribution in [-0.4, -0.2) is 22.0 Å². The zero-order valence-electron chi connectivity index (χ0n) is 12.5. The Morgan fingerprint density at radius 3 is 2.67 bits per heavy atom. The fourth-order valence-electron chi connectivity index (χ4n) is 2.73. The summed E-state index contributed by atoms with van der Waals surface area (Å²) in [7, 11) is 0. The Kier molecular flexibility index (Phi) is 3.08. The number of hydrogen-bond donors (Lipinski definition) is 2. The Bertz CT molecular complexity index is 725. The molecule has 21 heavy (non-hydrogen) atoms. The molecule has 1 aromatic heterocycles. The van der Waals surface area contributed by atoms with Crippen molar-refractivity contribution in [1.29, 1.82) is 0 Å². The molecule has 0 saturated carbocycles. The highest BCUT2D eigenvalue weighted by Crippen LogP contribution is 2.31. The molecule has 0 aliphatic carbocycles. The van der Waals surface area contributed by atoms with E-state index in [1.165, 1.54) is 5.56 Å². The minimum absolute atomic E-state index is 0.0575. The van der Waals surface area contributed by atoms with Crippen molar-refractivity contribution in [2.24, 2.45) is 0 Å². The summed E-state index contributed by atoms with van der Waals surface area (Å²) >= 11 is 0. The molecule has 3 rings (SSSR count). The molecular formula is C16H19N3O2. The number of nitrogens with zero attached hydrogens (tertiary/aromatic N) is 1. The number of benzene rings is 1. The molecule has 1 fully saturated rings. The number of aromatic nitrogens is 2. The maximum Gasteiger partial charge on any atom is 0.235 e. The van der Waals surface area contributed by atoms with Crippen molar-refractivity contribution in [3.8, 4) is 0 Å².